The molecule has 1 unspecified atom stereocenters. The summed E-state index contributed by atoms with van der Waals surface area (Å²) in [6, 6.07) is 4.07. The third kappa shape index (κ3) is 3.48. The highest BCUT2D eigenvalue weighted by Gasteiger charge is 2.36. The number of carboxylic acid groups (broad SMARTS) is 1. The topological polar surface area (TPSA) is 104 Å². The van der Waals surface area contributed by atoms with Gasteiger partial charge in [0.2, 0.25) is 0 Å². The Hall–Kier alpha value is -1.74. The van der Waals surface area contributed by atoms with Crippen LogP contribution in [0.25, 0.3) is 0 Å². The molecule has 0 aromatic heterocycles. The number of aliphatic carboxylic acids is 1. The van der Waals surface area contributed by atoms with Crippen molar-refractivity contribution in [1.29, 1.82) is 0 Å². The molecule has 0 aliphatic carbocycles. The van der Waals surface area contributed by atoms with Crippen LogP contribution >= 0.6 is 11.8 Å². The first-order chi connectivity index (χ1) is 9.81. The van der Waals surface area contributed by atoms with Crippen molar-refractivity contribution in [3.05, 3.63) is 29.8 Å². The largest absolute Gasteiger partial charge is 0.480 e. The zero-order chi connectivity index (χ0) is 15.6. The molecule has 1 aliphatic heterocycles. The lowest BCUT2D eigenvalue weighted by Crippen LogP contribution is -2.48. The van der Waals surface area contributed by atoms with E-state index in [0.717, 1.165) is 10.5 Å². The van der Waals surface area contributed by atoms with E-state index in [0.29, 0.717) is 0 Å². The standard InChI is InChI=1S/C12H14N2O5S2/c1-8-2-4-9(5-3-8)21(18,19)13-12(17)14-7-20-6-10(14)11(15)16/h2-5,10H,6-7H2,1H3,(H,13,17)(H,15,16). The minimum Gasteiger partial charge on any atom is -0.480 e. The van der Waals surface area contributed by atoms with Crippen molar-refractivity contribution < 1.29 is 23.1 Å². The minimum atomic E-state index is -4.01. The van der Waals surface area contributed by atoms with Crippen LogP contribution in [-0.4, -0.2) is 48.1 Å². The van der Waals surface area contributed by atoms with Crippen LogP contribution in [0.2, 0.25) is 0 Å². The first kappa shape index (κ1) is 15.6. The maximum Gasteiger partial charge on any atom is 0.332 e. The average Bonchev–Trinajstić information content (AvgIpc) is 2.88. The quantitative estimate of drug-likeness (QED) is 0.851. The van der Waals surface area contributed by atoms with Gasteiger partial charge < -0.3 is 10.0 Å². The van der Waals surface area contributed by atoms with E-state index in [1.54, 1.807) is 12.1 Å². The molecule has 21 heavy (non-hydrogen) atoms. The Morgan fingerprint density at radius 3 is 2.52 bits per heavy atom. The molecular formula is C12H14N2O5S2. The normalized spacial score (nSPS) is 18.5. The van der Waals surface area contributed by atoms with E-state index < -0.39 is 28.1 Å². The highest BCUT2D eigenvalue weighted by Crippen LogP contribution is 2.21. The molecule has 0 saturated carbocycles. The first-order valence-electron chi connectivity index (χ1n) is 6.02. The number of thioether (sulfide) groups is 1. The van der Waals surface area contributed by atoms with Gasteiger partial charge in [0, 0.05) is 5.75 Å². The van der Waals surface area contributed by atoms with E-state index in [2.05, 4.69) is 0 Å². The van der Waals surface area contributed by atoms with Crippen molar-refractivity contribution in [3.63, 3.8) is 0 Å². The number of aryl methyl sites for hydroxylation is 1. The van der Waals surface area contributed by atoms with Gasteiger partial charge in [0.25, 0.3) is 10.0 Å². The fourth-order valence-corrected chi connectivity index (χ4v) is 3.90. The Balaban J connectivity index is 2.15. The van der Waals surface area contributed by atoms with E-state index in [4.69, 9.17) is 5.11 Å². The maximum atomic E-state index is 12.1. The minimum absolute atomic E-state index is 0.0415. The van der Waals surface area contributed by atoms with E-state index in [-0.39, 0.29) is 16.5 Å². The Bertz CT molecular complexity index is 657. The number of rotatable bonds is 3. The lowest BCUT2D eigenvalue weighted by atomic mass is 10.2. The van der Waals surface area contributed by atoms with Gasteiger partial charge in [-0.15, -0.1) is 11.8 Å². The van der Waals surface area contributed by atoms with Crippen LogP contribution in [0.4, 0.5) is 4.79 Å². The first-order valence-corrected chi connectivity index (χ1v) is 8.65. The molecule has 1 fully saturated rings. The molecule has 9 heteroatoms. The molecule has 0 bridgehead atoms. The van der Waals surface area contributed by atoms with Crippen LogP contribution < -0.4 is 4.72 Å². The summed E-state index contributed by atoms with van der Waals surface area (Å²) in [7, 11) is -4.01. The number of carbonyl (C=O) groups is 2. The molecular weight excluding hydrogens is 316 g/mol. The molecule has 2 rings (SSSR count). The van der Waals surface area contributed by atoms with Crippen LogP contribution in [0.1, 0.15) is 5.56 Å². The third-order valence-electron chi connectivity index (χ3n) is 2.98. The molecule has 114 valence electrons. The monoisotopic (exact) mass is 330 g/mol. The average molecular weight is 330 g/mol. The number of nitrogens with zero attached hydrogens (tertiary/aromatic N) is 1. The Morgan fingerprint density at radius 1 is 1.33 bits per heavy atom. The molecule has 2 N–H and O–H groups in total. The number of urea groups is 1. The number of hydrogen-bond acceptors (Lipinski definition) is 5. The fraction of sp³-hybridized carbons (Fsp3) is 0.333. The summed E-state index contributed by atoms with van der Waals surface area (Å²) >= 11 is 1.26. The molecule has 0 spiro atoms. The number of carbonyl (C=O) groups excluding carboxylic acids is 1. The number of carboxylic acids is 1. The van der Waals surface area contributed by atoms with Crippen LogP contribution in [0.15, 0.2) is 29.2 Å². The summed E-state index contributed by atoms with van der Waals surface area (Å²) in [5, 5.41) is 8.99. The van der Waals surface area contributed by atoms with E-state index >= 15 is 0 Å². The van der Waals surface area contributed by atoms with E-state index in [9.17, 15) is 18.0 Å². The molecule has 1 saturated heterocycles. The highest BCUT2D eigenvalue weighted by atomic mass is 32.2. The Morgan fingerprint density at radius 2 is 1.95 bits per heavy atom. The van der Waals surface area contributed by atoms with Crippen LogP contribution in [-0.2, 0) is 14.8 Å². The van der Waals surface area contributed by atoms with Crippen molar-refractivity contribution >= 4 is 33.8 Å². The van der Waals surface area contributed by atoms with Gasteiger partial charge in [-0.25, -0.2) is 22.7 Å². The smallest absolute Gasteiger partial charge is 0.332 e. The van der Waals surface area contributed by atoms with Crippen molar-refractivity contribution in [1.82, 2.24) is 9.62 Å². The fourth-order valence-electron chi connectivity index (χ4n) is 1.80. The number of nitrogens with one attached hydrogen (secondary N) is 1. The van der Waals surface area contributed by atoms with Crippen molar-refractivity contribution in [2.45, 2.75) is 17.9 Å². The zero-order valence-electron chi connectivity index (χ0n) is 11.1. The zero-order valence-corrected chi connectivity index (χ0v) is 12.8. The summed E-state index contributed by atoms with van der Waals surface area (Å²) < 4.78 is 26.0. The molecule has 1 aliphatic rings. The predicted octanol–water partition coefficient (Wildman–Crippen LogP) is 0.853. The van der Waals surface area contributed by atoms with Gasteiger partial charge in [-0.1, -0.05) is 17.7 Å². The van der Waals surface area contributed by atoms with Crippen LogP contribution in [0.5, 0.6) is 0 Å². The van der Waals surface area contributed by atoms with E-state index in [1.165, 1.54) is 23.9 Å². The lowest BCUT2D eigenvalue weighted by molar-refractivity contribution is -0.140. The number of sulfonamides is 1. The van der Waals surface area contributed by atoms with Gasteiger partial charge in [0.1, 0.15) is 6.04 Å². The van der Waals surface area contributed by atoms with Crippen molar-refractivity contribution in [2.24, 2.45) is 0 Å². The second-order valence-corrected chi connectivity index (χ2v) is 7.23. The lowest BCUT2D eigenvalue weighted by Gasteiger charge is -2.20. The molecule has 2 amide bonds. The number of amides is 2. The molecule has 1 aromatic carbocycles. The molecule has 1 heterocycles. The summed E-state index contributed by atoms with van der Waals surface area (Å²) in [6.07, 6.45) is 0. The number of hydrogen-bond donors (Lipinski definition) is 2. The van der Waals surface area contributed by atoms with Gasteiger partial charge in [-0.3, -0.25) is 0 Å². The molecule has 1 atom stereocenters. The van der Waals surface area contributed by atoms with E-state index in [1.807, 2.05) is 11.6 Å². The van der Waals surface area contributed by atoms with Crippen molar-refractivity contribution in [2.75, 3.05) is 11.6 Å². The van der Waals surface area contributed by atoms with Gasteiger partial charge in [0.15, 0.2) is 0 Å². The second-order valence-electron chi connectivity index (χ2n) is 4.55. The SMILES string of the molecule is Cc1ccc(S(=O)(=O)NC(=O)N2CSCC2C(=O)O)cc1. The van der Waals surface area contributed by atoms with Gasteiger partial charge in [-0.05, 0) is 19.1 Å². The summed E-state index contributed by atoms with van der Waals surface area (Å²) in [5.41, 5.74) is 0.891. The van der Waals surface area contributed by atoms with Gasteiger partial charge in [-0.2, -0.15) is 0 Å². The molecule has 7 nitrogen and oxygen atoms in total. The van der Waals surface area contributed by atoms with Gasteiger partial charge >= 0.3 is 12.0 Å². The third-order valence-corrected chi connectivity index (χ3v) is 5.33. The highest BCUT2D eigenvalue weighted by molar-refractivity contribution is 7.99. The molecule has 0 radical (unpaired) electrons. The van der Waals surface area contributed by atoms with Crippen LogP contribution in [0, 0.1) is 6.92 Å². The second kappa shape index (κ2) is 5.94. The van der Waals surface area contributed by atoms with Gasteiger partial charge in [0.05, 0.1) is 10.8 Å². The summed E-state index contributed by atoms with van der Waals surface area (Å²) in [4.78, 5) is 23.9. The van der Waals surface area contributed by atoms with Crippen molar-refractivity contribution in [3.8, 4) is 0 Å². The number of benzene rings is 1. The van der Waals surface area contributed by atoms with Crippen LogP contribution in [0.3, 0.4) is 0 Å². The summed E-state index contributed by atoms with van der Waals surface area (Å²) in [5.74, 6) is -0.762. The Kier molecular flexibility index (Phi) is 4.43. The predicted molar refractivity (Wildman–Crippen MR) is 77.5 cm³/mol. The maximum absolute atomic E-state index is 12.1. The summed E-state index contributed by atoms with van der Waals surface area (Å²) in [6.45, 7) is 1.81. The Labute approximate surface area is 126 Å². The molecule has 1 aromatic rings.